The van der Waals surface area contributed by atoms with Crippen molar-refractivity contribution >= 4 is 38.7 Å². The fourth-order valence-electron chi connectivity index (χ4n) is 1.62. The highest BCUT2D eigenvalue weighted by Gasteiger charge is 2.10. The molecule has 0 fully saturated rings. The third kappa shape index (κ3) is 1.90. The Morgan fingerprint density at radius 1 is 1.12 bits per heavy atom. The van der Waals surface area contributed by atoms with Crippen LogP contribution in [0.4, 0.5) is 0 Å². The number of hydrogen-bond acceptors (Lipinski definition) is 4. The highest BCUT2D eigenvalue weighted by Crippen LogP contribution is 2.34. The van der Waals surface area contributed by atoms with Crippen LogP contribution in [0.2, 0.25) is 0 Å². The zero-order valence-electron chi connectivity index (χ0n) is 9.14. The topological polar surface area (TPSA) is 30.0 Å². The number of aromatic nitrogens is 1. The molecule has 1 aromatic carbocycles. The first-order chi connectivity index (χ1) is 8.24. The van der Waals surface area contributed by atoms with Crippen LogP contribution in [0.5, 0.6) is 0 Å². The number of hydrogen-bond donors (Lipinski definition) is 0. The van der Waals surface area contributed by atoms with E-state index in [0.717, 1.165) is 20.3 Å². The number of thiophene rings is 1. The lowest BCUT2D eigenvalue weighted by molar-refractivity contribution is 0.102. The van der Waals surface area contributed by atoms with Crippen LogP contribution in [0.25, 0.3) is 20.1 Å². The highest BCUT2D eigenvalue weighted by molar-refractivity contribution is 7.26. The molecule has 4 heteroatoms. The number of carbonyl (C=O) groups is 1. The lowest BCUT2D eigenvalue weighted by Gasteiger charge is -1.86. The Balaban J connectivity index is 2.10. The second-order valence-electron chi connectivity index (χ2n) is 3.71. The van der Waals surface area contributed by atoms with Crippen molar-refractivity contribution in [2.75, 3.05) is 0 Å². The Morgan fingerprint density at radius 3 is 2.65 bits per heavy atom. The second-order valence-corrected chi connectivity index (χ2v) is 5.82. The number of benzene rings is 1. The molecule has 3 aromatic rings. The Morgan fingerprint density at radius 2 is 1.94 bits per heavy atom. The molecule has 84 valence electrons. The lowest BCUT2D eigenvalue weighted by atomic mass is 10.3. The molecule has 0 N–H and O–H groups in total. The number of nitrogens with zero attached hydrogens (tertiary/aromatic N) is 1. The van der Waals surface area contributed by atoms with Crippen LogP contribution in [0, 0.1) is 0 Å². The quantitative estimate of drug-likeness (QED) is 0.645. The van der Waals surface area contributed by atoms with Gasteiger partial charge in [-0.2, -0.15) is 0 Å². The van der Waals surface area contributed by atoms with Gasteiger partial charge in [-0.25, -0.2) is 4.98 Å². The van der Waals surface area contributed by atoms with E-state index in [2.05, 4.69) is 11.1 Å². The summed E-state index contributed by atoms with van der Waals surface area (Å²) in [7, 11) is 0. The molecule has 0 spiro atoms. The van der Waals surface area contributed by atoms with Crippen LogP contribution in [0.1, 0.15) is 16.6 Å². The van der Waals surface area contributed by atoms with Crippen molar-refractivity contribution < 1.29 is 4.79 Å². The van der Waals surface area contributed by atoms with Gasteiger partial charge < -0.3 is 0 Å². The number of Topliss-reactive ketones (excluding diaryl/α,β-unsaturated/α-hetero) is 1. The van der Waals surface area contributed by atoms with E-state index in [1.807, 2.05) is 30.3 Å². The smallest absolute Gasteiger partial charge is 0.169 e. The third-order valence-electron chi connectivity index (χ3n) is 2.46. The van der Waals surface area contributed by atoms with E-state index >= 15 is 0 Å². The molecule has 17 heavy (non-hydrogen) atoms. The van der Waals surface area contributed by atoms with Crippen molar-refractivity contribution in [1.82, 2.24) is 4.98 Å². The average Bonchev–Trinajstić information content (AvgIpc) is 2.95. The van der Waals surface area contributed by atoms with Crippen LogP contribution in [-0.4, -0.2) is 10.8 Å². The molecule has 0 aliphatic carbocycles. The molecule has 0 aliphatic heterocycles. The lowest BCUT2D eigenvalue weighted by Crippen LogP contribution is -1.83. The average molecular weight is 259 g/mol. The fourth-order valence-corrected chi connectivity index (χ4v) is 3.54. The minimum atomic E-state index is 0.113. The van der Waals surface area contributed by atoms with E-state index in [1.165, 1.54) is 16.0 Å². The molecule has 0 saturated heterocycles. The first-order valence-electron chi connectivity index (χ1n) is 5.21. The first kappa shape index (κ1) is 10.6. The van der Waals surface area contributed by atoms with Gasteiger partial charge in [0.2, 0.25) is 0 Å². The van der Waals surface area contributed by atoms with E-state index in [-0.39, 0.29) is 5.78 Å². The van der Waals surface area contributed by atoms with Gasteiger partial charge in [-0.05, 0) is 31.2 Å². The summed E-state index contributed by atoms with van der Waals surface area (Å²) in [5.41, 5.74) is 1.02. The van der Waals surface area contributed by atoms with Crippen LogP contribution < -0.4 is 0 Å². The predicted octanol–water partition coefficient (Wildman–Crippen LogP) is 4.23. The molecule has 2 aromatic heterocycles. The van der Waals surface area contributed by atoms with Crippen molar-refractivity contribution in [3.63, 3.8) is 0 Å². The van der Waals surface area contributed by atoms with Gasteiger partial charge in [0.1, 0.15) is 5.01 Å². The zero-order chi connectivity index (χ0) is 11.8. The molecule has 0 unspecified atom stereocenters. The van der Waals surface area contributed by atoms with Gasteiger partial charge in [0, 0.05) is 0 Å². The van der Waals surface area contributed by atoms with Gasteiger partial charge >= 0.3 is 0 Å². The summed E-state index contributed by atoms with van der Waals surface area (Å²) >= 11 is 3.17. The van der Waals surface area contributed by atoms with Crippen LogP contribution >= 0.6 is 22.7 Å². The Labute approximate surface area is 107 Å². The van der Waals surface area contributed by atoms with Crippen molar-refractivity contribution in [3.05, 3.63) is 41.3 Å². The largest absolute Gasteiger partial charge is 0.294 e. The number of thiazole rings is 1. The van der Waals surface area contributed by atoms with E-state index < -0.39 is 0 Å². The maximum absolute atomic E-state index is 11.3. The predicted molar refractivity (Wildman–Crippen MR) is 72.9 cm³/mol. The second kappa shape index (κ2) is 4.05. The maximum Gasteiger partial charge on any atom is 0.169 e. The van der Waals surface area contributed by atoms with Crippen molar-refractivity contribution in [2.45, 2.75) is 6.92 Å². The van der Waals surface area contributed by atoms with E-state index in [9.17, 15) is 4.79 Å². The van der Waals surface area contributed by atoms with Gasteiger partial charge in [0.05, 0.1) is 20.0 Å². The number of para-hydroxylation sites is 1. The van der Waals surface area contributed by atoms with Crippen molar-refractivity contribution in [1.29, 1.82) is 0 Å². The van der Waals surface area contributed by atoms with Crippen LogP contribution in [0.15, 0.2) is 36.4 Å². The molecule has 0 aliphatic rings. The summed E-state index contributed by atoms with van der Waals surface area (Å²) < 4.78 is 1.18. The number of carbonyl (C=O) groups excluding carboxylic acids is 1. The number of fused-ring (bicyclic) bond motifs is 1. The standard InChI is InChI=1S/C13H9NOS2/c1-8(15)10-6-7-12(16-10)13-14-9-4-2-3-5-11(9)17-13/h2-7H,1H3. The van der Waals surface area contributed by atoms with Crippen LogP contribution in [0.3, 0.4) is 0 Å². The van der Waals surface area contributed by atoms with Gasteiger partial charge in [0.15, 0.2) is 5.78 Å². The molecule has 0 saturated carbocycles. The molecule has 0 amide bonds. The Bertz CT molecular complexity index is 663. The minimum Gasteiger partial charge on any atom is -0.294 e. The van der Waals surface area contributed by atoms with Gasteiger partial charge in [-0.3, -0.25) is 4.79 Å². The van der Waals surface area contributed by atoms with Gasteiger partial charge in [-0.1, -0.05) is 12.1 Å². The maximum atomic E-state index is 11.3. The first-order valence-corrected chi connectivity index (χ1v) is 6.84. The van der Waals surface area contributed by atoms with Crippen molar-refractivity contribution in [3.8, 4) is 9.88 Å². The van der Waals surface area contributed by atoms with Gasteiger partial charge in [-0.15, -0.1) is 22.7 Å². The molecule has 0 bridgehead atoms. The molecule has 2 heterocycles. The van der Waals surface area contributed by atoms with Crippen LogP contribution in [-0.2, 0) is 0 Å². The Kier molecular flexibility index (Phi) is 2.53. The molecule has 3 rings (SSSR count). The molecular weight excluding hydrogens is 250 g/mol. The summed E-state index contributed by atoms with van der Waals surface area (Å²) in [6.45, 7) is 1.59. The summed E-state index contributed by atoms with van der Waals surface area (Å²) in [5, 5.41) is 0.990. The third-order valence-corrected chi connectivity index (χ3v) is 4.85. The SMILES string of the molecule is CC(=O)c1ccc(-c2nc3ccccc3s2)s1. The van der Waals surface area contributed by atoms with E-state index in [4.69, 9.17) is 0 Å². The summed E-state index contributed by atoms with van der Waals surface area (Å²) in [6.07, 6.45) is 0. The summed E-state index contributed by atoms with van der Waals surface area (Å²) in [5.74, 6) is 0.113. The fraction of sp³-hybridized carbons (Fsp3) is 0.0769. The minimum absolute atomic E-state index is 0.113. The normalized spacial score (nSPS) is 10.9. The summed E-state index contributed by atoms with van der Waals surface area (Å²) in [4.78, 5) is 17.7. The van der Waals surface area contributed by atoms with Gasteiger partial charge in [0.25, 0.3) is 0 Å². The molecule has 2 nitrogen and oxygen atoms in total. The molecule has 0 atom stereocenters. The number of ketones is 1. The van der Waals surface area contributed by atoms with Crippen molar-refractivity contribution in [2.24, 2.45) is 0 Å². The van der Waals surface area contributed by atoms with E-state index in [0.29, 0.717) is 0 Å². The summed E-state index contributed by atoms with van der Waals surface area (Å²) in [6, 6.07) is 11.9. The molecule has 0 radical (unpaired) electrons. The van der Waals surface area contributed by atoms with E-state index in [1.54, 1.807) is 18.3 Å². The Hall–Kier alpha value is -1.52. The highest BCUT2D eigenvalue weighted by atomic mass is 32.1. The molecular formula is C13H9NOS2. The zero-order valence-corrected chi connectivity index (χ0v) is 10.8. The number of rotatable bonds is 2. The monoisotopic (exact) mass is 259 g/mol.